The lowest BCUT2D eigenvalue weighted by Gasteiger charge is -2.30. The lowest BCUT2D eigenvalue weighted by Crippen LogP contribution is -2.17. The van der Waals surface area contributed by atoms with Crippen molar-refractivity contribution in [2.24, 2.45) is 5.41 Å². The summed E-state index contributed by atoms with van der Waals surface area (Å²) in [6.07, 6.45) is 12.7. The van der Waals surface area contributed by atoms with Crippen molar-refractivity contribution in [3.8, 4) is 0 Å². The van der Waals surface area contributed by atoms with Crippen LogP contribution < -0.4 is 0 Å². The summed E-state index contributed by atoms with van der Waals surface area (Å²) in [6, 6.07) is 0. The molecule has 0 rings (SSSR count). The van der Waals surface area contributed by atoms with Crippen LogP contribution in [0.2, 0.25) is 0 Å². The third-order valence-corrected chi connectivity index (χ3v) is 4.49. The Morgan fingerprint density at radius 2 is 1.28 bits per heavy atom. The maximum atomic E-state index is 7.96. The molecule has 0 aromatic heterocycles. The molecule has 0 atom stereocenters. The molecule has 0 aliphatic heterocycles. The molecule has 0 saturated carbocycles. The first-order chi connectivity index (χ1) is 8.74. The second-order valence-corrected chi connectivity index (χ2v) is 5.33. The summed E-state index contributed by atoms with van der Waals surface area (Å²) in [5, 5.41) is 11.5. The zero-order valence-electron chi connectivity index (χ0n) is 12.5. The van der Waals surface area contributed by atoms with Crippen molar-refractivity contribution >= 4 is 0 Å². The lowest BCUT2D eigenvalue weighted by molar-refractivity contribution is -0.490. The standard InChI is InChI=1S/C15H32O3/c1-4-15(5-2,6-3)13-11-9-7-8-10-12-14-17-18-16/h16H,4-14H2,1-3H3. The van der Waals surface area contributed by atoms with Crippen LogP contribution in [0.15, 0.2) is 0 Å². The maximum Gasteiger partial charge on any atom is 0.0853 e. The summed E-state index contributed by atoms with van der Waals surface area (Å²) in [5.41, 5.74) is 0.603. The van der Waals surface area contributed by atoms with Crippen molar-refractivity contribution in [3.63, 3.8) is 0 Å². The Bertz CT molecular complexity index is 159. The SMILES string of the molecule is CCC(CC)(CC)CCCCCCCCOOO. The van der Waals surface area contributed by atoms with Crippen molar-refractivity contribution in [3.05, 3.63) is 0 Å². The molecular formula is C15H32O3. The van der Waals surface area contributed by atoms with Gasteiger partial charge < -0.3 is 0 Å². The summed E-state index contributed by atoms with van der Waals surface area (Å²) in [4.78, 5) is 4.41. The van der Waals surface area contributed by atoms with E-state index >= 15 is 0 Å². The van der Waals surface area contributed by atoms with E-state index in [1.54, 1.807) is 0 Å². The van der Waals surface area contributed by atoms with Gasteiger partial charge in [0.15, 0.2) is 0 Å². The average Bonchev–Trinajstić information content (AvgIpc) is 2.42. The van der Waals surface area contributed by atoms with Gasteiger partial charge in [-0.15, -0.1) is 0 Å². The summed E-state index contributed by atoms with van der Waals surface area (Å²) >= 11 is 0. The van der Waals surface area contributed by atoms with E-state index in [4.69, 9.17) is 5.26 Å². The highest BCUT2D eigenvalue weighted by molar-refractivity contribution is 4.74. The second kappa shape index (κ2) is 11.9. The minimum absolute atomic E-state index is 0.487. The largest absolute Gasteiger partial charge is 0.221 e. The van der Waals surface area contributed by atoms with Crippen LogP contribution in [-0.4, -0.2) is 11.9 Å². The Hall–Kier alpha value is -0.120. The summed E-state index contributed by atoms with van der Waals surface area (Å²) in [7, 11) is 0. The molecule has 0 aromatic rings. The molecule has 0 spiro atoms. The van der Waals surface area contributed by atoms with Crippen molar-refractivity contribution in [2.75, 3.05) is 6.61 Å². The predicted molar refractivity (Wildman–Crippen MR) is 75.3 cm³/mol. The number of rotatable bonds is 13. The van der Waals surface area contributed by atoms with Crippen LogP contribution in [0.25, 0.3) is 0 Å². The first kappa shape index (κ1) is 17.9. The van der Waals surface area contributed by atoms with E-state index in [1.807, 2.05) is 0 Å². The van der Waals surface area contributed by atoms with E-state index in [0.29, 0.717) is 12.0 Å². The summed E-state index contributed by atoms with van der Waals surface area (Å²) < 4.78 is 0. The summed E-state index contributed by atoms with van der Waals surface area (Å²) in [5.74, 6) is 0. The minimum Gasteiger partial charge on any atom is -0.221 e. The molecule has 0 saturated heterocycles. The molecule has 0 aliphatic rings. The van der Waals surface area contributed by atoms with Crippen LogP contribution in [0.5, 0.6) is 0 Å². The third kappa shape index (κ3) is 8.06. The van der Waals surface area contributed by atoms with E-state index in [0.717, 1.165) is 12.8 Å². The van der Waals surface area contributed by atoms with E-state index in [9.17, 15) is 0 Å². The first-order valence-electron chi connectivity index (χ1n) is 7.67. The molecule has 0 aliphatic carbocycles. The van der Waals surface area contributed by atoms with Crippen molar-refractivity contribution in [1.82, 2.24) is 0 Å². The van der Waals surface area contributed by atoms with Gasteiger partial charge in [-0.05, 0) is 18.3 Å². The van der Waals surface area contributed by atoms with Crippen LogP contribution in [0, 0.1) is 5.41 Å². The van der Waals surface area contributed by atoms with Gasteiger partial charge in [0.05, 0.1) is 6.61 Å². The Balaban J connectivity index is 3.38. The molecule has 3 heteroatoms. The number of unbranched alkanes of at least 4 members (excludes halogenated alkanes) is 5. The average molecular weight is 260 g/mol. The van der Waals surface area contributed by atoms with Crippen LogP contribution in [0.3, 0.4) is 0 Å². The molecular weight excluding hydrogens is 228 g/mol. The van der Waals surface area contributed by atoms with Crippen LogP contribution >= 0.6 is 0 Å². The Morgan fingerprint density at radius 3 is 1.78 bits per heavy atom. The highest BCUT2D eigenvalue weighted by Crippen LogP contribution is 2.36. The fraction of sp³-hybridized carbons (Fsp3) is 1.00. The highest BCUT2D eigenvalue weighted by Gasteiger charge is 2.22. The van der Waals surface area contributed by atoms with E-state index < -0.39 is 0 Å². The first-order valence-corrected chi connectivity index (χ1v) is 7.67. The van der Waals surface area contributed by atoms with Gasteiger partial charge in [0.2, 0.25) is 0 Å². The van der Waals surface area contributed by atoms with Crippen molar-refractivity contribution < 1.29 is 15.2 Å². The van der Waals surface area contributed by atoms with Gasteiger partial charge in [0.1, 0.15) is 0 Å². The van der Waals surface area contributed by atoms with E-state index in [-0.39, 0.29) is 0 Å². The quantitative estimate of drug-likeness (QED) is 0.275. The molecule has 0 heterocycles. The van der Waals surface area contributed by atoms with Gasteiger partial charge >= 0.3 is 0 Å². The van der Waals surface area contributed by atoms with Crippen LogP contribution in [0.1, 0.15) is 85.0 Å². The summed E-state index contributed by atoms with van der Waals surface area (Å²) in [6.45, 7) is 7.48. The van der Waals surface area contributed by atoms with Gasteiger partial charge in [0, 0.05) is 0 Å². The normalized spacial score (nSPS) is 12.0. The Morgan fingerprint density at radius 1 is 0.778 bits per heavy atom. The van der Waals surface area contributed by atoms with Gasteiger partial charge in [0.25, 0.3) is 0 Å². The zero-order chi connectivity index (χ0) is 13.7. The topological polar surface area (TPSA) is 38.7 Å². The molecule has 1 N–H and O–H groups in total. The third-order valence-electron chi connectivity index (χ3n) is 4.49. The second-order valence-electron chi connectivity index (χ2n) is 5.33. The fourth-order valence-corrected chi connectivity index (χ4v) is 2.69. The molecule has 0 unspecified atom stereocenters. The molecule has 0 bridgehead atoms. The van der Waals surface area contributed by atoms with E-state index in [2.05, 4.69) is 30.7 Å². The number of hydrogen-bond acceptors (Lipinski definition) is 3. The Labute approximate surface area is 113 Å². The van der Waals surface area contributed by atoms with Gasteiger partial charge in [-0.3, -0.25) is 0 Å². The van der Waals surface area contributed by atoms with Gasteiger partial charge in [-0.1, -0.05) is 77.2 Å². The van der Waals surface area contributed by atoms with Crippen LogP contribution in [-0.2, 0) is 9.93 Å². The van der Waals surface area contributed by atoms with Gasteiger partial charge in [-0.25, -0.2) is 10.1 Å². The molecule has 18 heavy (non-hydrogen) atoms. The molecule has 3 nitrogen and oxygen atoms in total. The smallest absolute Gasteiger partial charge is 0.0853 e. The van der Waals surface area contributed by atoms with Crippen LogP contribution in [0.4, 0.5) is 0 Å². The van der Waals surface area contributed by atoms with Crippen molar-refractivity contribution in [1.29, 1.82) is 0 Å². The fourth-order valence-electron chi connectivity index (χ4n) is 2.69. The number of hydrogen-bond donors (Lipinski definition) is 1. The minimum atomic E-state index is 0.487. The zero-order valence-corrected chi connectivity index (χ0v) is 12.5. The molecule has 0 amide bonds. The van der Waals surface area contributed by atoms with Crippen molar-refractivity contribution in [2.45, 2.75) is 85.0 Å². The molecule has 0 radical (unpaired) electrons. The van der Waals surface area contributed by atoms with E-state index in [1.165, 1.54) is 51.4 Å². The monoisotopic (exact) mass is 260 g/mol. The molecule has 110 valence electrons. The highest BCUT2D eigenvalue weighted by atomic mass is 17.5. The lowest BCUT2D eigenvalue weighted by atomic mass is 9.75. The van der Waals surface area contributed by atoms with Gasteiger partial charge in [-0.2, -0.15) is 0 Å². The predicted octanol–water partition coefficient (Wildman–Crippen LogP) is 5.35. The molecule has 0 fully saturated rings. The molecule has 0 aromatic carbocycles. The maximum absolute atomic E-state index is 7.96. The Kier molecular flexibility index (Phi) is 11.9.